The fraction of sp³-hybridized carbons (Fsp3) is 0.474. The SMILES string of the molecule is CN=C(NCc1cc(-c2ccccc2)on1)NCC1(CCO)CCOC1.I. The number of ether oxygens (including phenoxy) is 1. The Morgan fingerprint density at radius 1 is 1.30 bits per heavy atom. The Morgan fingerprint density at radius 3 is 2.78 bits per heavy atom. The van der Waals surface area contributed by atoms with Gasteiger partial charge >= 0.3 is 0 Å². The van der Waals surface area contributed by atoms with Gasteiger partial charge in [-0.15, -0.1) is 24.0 Å². The number of hydrogen-bond donors (Lipinski definition) is 3. The van der Waals surface area contributed by atoms with Gasteiger partial charge < -0.3 is 25.0 Å². The summed E-state index contributed by atoms with van der Waals surface area (Å²) >= 11 is 0. The molecule has 1 atom stereocenters. The van der Waals surface area contributed by atoms with Gasteiger partial charge in [-0.05, 0) is 12.8 Å². The molecule has 1 saturated heterocycles. The van der Waals surface area contributed by atoms with Crippen molar-refractivity contribution in [2.45, 2.75) is 19.4 Å². The molecular formula is C19H27IN4O3. The van der Waals surface area contributed by atoms with Crippen molar-refractivity contribution in [1.29, 1.82) is 0 Å². The zero-order chi connectivity index (χ0) is 18.2. The van der Waals surface area contributed by atoms with Gasteiger partial charge in [0.05, 0.1) is 13.2 Å². The van der Waals surface area contributed by atoms with Crippen LogP contribution in [-0.2, 0) is 11.3 Å². The van der Waals surface area contributed by atoms with Crippen LogP contribution >= 0.6 is 24.0 Å². The predicted molar refractivity (Wildman–Crippen MR) is 115 cm³/mol. The molecule has 0 aliphatic carbocycles. The van der Waals surface area contributed by atoms with E-state index < -0.39 is 0 Å². The van der Waals surface area contributed by atoms with Crippen LogP contribution < -0.4 is 10.6 Å². The summed E-state index contributed by atoms with van der Waals surface area (Å²) in [5.74, 6) is 1.44. The molecule has 0 saturated carbocycles. The summed E-state index contributed by atoms with van der Waals surface area (Å²) < 4.78 is 10.9. The highest BCUT2D eigenvalue weighted by Gasteiger charge is 2.34. The van der Waals surface area contributed by atoms with Crippen LogP contribution in [0.3, 0.4) is 0 Å². The average molecular weight is 486 g/mol. The number of aromatic nitrogens is 1. The van der Waals surface area contributed by atoms with E-state index in [1.807, 2.05) is 36.4 Å². The van der Waals surface area contributed by atoms with Gasteiger partial charge in [0.1, 0.15) is 5.69 Å². The second-order valence-corrected chi connectivity index (χ2v) is 6.60. The highest BCUT2D eigenvalue weighted by atomic mass is 127. The van der Waals surface area contributed by atoms with Crippen LogP contribution in [0.5, 0.6) is 0 Å². The molecule has 0 bridgehead atoms. The Kier molecular flexibility index (Phi) is 8.52. The average Bonchev–Trinajstić information content (AvgIpc) is 3.33. The molecule has 0 radical (unpaired) electrons. The number of benzene rings is 1. The van der Waals surface area contributed by atoms with Crippen LogP contribution in [0, 0.1) is 5.41 Å². The zero-order valence-corrected chi connectivity index (χ0v) is 17.8. The molecular weight excluding hydrogens is 459 g/mol. The number of rotatable bonds is 7. The fourth-order valence-corrected chi connectivity index (χ4v) is 3.11. The van der Waals surface area contributed by atoms with Crippen LogP contribution in [0.4, 0.5) is 0 Å². The maximum atomic E-state index is 9.31. The van der Waals surface area contributed by atoms with Gasteiger partial charge in [0.2, 0.25) is 0 Å². The first-order valence-corrected chi connectivity index (χ1v) is 8.89. The first-order valence-electron chi connectivity index (χ1n) is 8.89. The van der Waals surface area contributed by atoms with Crippen molar-refractivity contribution in [3.05, 3.63) is 42.1 Å². The quantitative estimate of drug-likeness (QED) is 0.317. The van der Waals surface area contributed by atoms with E-state index in [1.54, 1.807) is 7.05 Å². The lowest BCUT2D eigenvalue weighted by Gasteiger charge is -2.27. The fourth-order valence-electron chi connectivity index (χ4n) is 3.11. The summed E-state index contributed by atoms with van der Waals surface area (Å²) in [6.07, 6.45) is 1.67. The van der Waals surface area contributed by atoms with E-state index in [-0.39, 0.29) is 36.0 Å². The first-order chi connectivity index (χ1) is 12.7. The number of guanidine groups is 1. The van der Waals surface area contributed by atoms with Crippen molar-refractivity contribution in [1.82, 2.24) is 15.8 Å². The topological polar surface area (TPSA) is 91.9 Å². The molecule has 27 heavy (non-hydrogen) atoms. The van der Waals surface area contributed by atoms with E-state index in [2.05, 4.69) is 20.8 Å². The minimum absolute atomic E-state index is 0. The third-order valence-electron chi connectivity index (χ3n) is 4.74. The predicted octanol–water partition coefficient (Wildman–Crippen LogP) is 2.41. The van der Waals surface area contributed by atoms with Gasteiger partial charge in [-0.2, -0.15) is 0 Å². The molecule has 0 spiro atoms. The van der Waals surface area contributed by atoms with E-state index in [9.17, 15) is 5.11 Å². The number of nitrogens with zero attached hydrogens (tertiary/aromatic N) is 2. The van der Waals surface area contributed by atoms with Crippen molar-refractivity contribution in [3.8, 4) is 11.3 Å². The zero-order valence-electron chi connectivity index (χ0n) is 15.5. The minimum atomic E-state index is -0.0270. The van der Waals surface area contributed by atoms with E-state index in [4.69, 9.17) is 9.26 Å². The smallest absolute Gasteiger partial charge is 0.191 e. The molecule has 1 unspecified atom stereocenters. The number of aliphatic hydroxyl groups is 1. The Balaban J connectivity index is 0.00000261. The summed E-state index contributed by atoms with van der Waals surface area (Å²) in [7, 11) is 1.73. The summed E-state index contributed by atoms with van der Waals surface area (Å²) in [6.45, 7) is 2.80. The second kappa shape index (κ2) is 10.6. The minimum Gasteiger partial charge on any atom is -0.396 e. The number of aliphatic hydroxyl groups excluding tert-OH is 1. The van der Waals surface area contributed by atoms with Crippen molar-refractivity contribution in [3.63, 3.8) is 0 Å². The van der Waals surface area contributed by atoms with Crippen molar-refractivity contribution >= 4 is 29.9 Å². The van der Waals surface area contributed by atoms with Gasteiger partial charge in [0.25, 0.3) is 0 Å². The monoisotopic (exact) mass is 486 g/mol. The standard InChI is InChI=1S/C19H26N4O3.HI/c1-20-18(22-13-19(7-9-24)8-10-25-14-19)21-12-16-11-17(26-23-16)15-5-3-2-4-6-15;/h2-6,11,24H,7-10,12-14H2,1H3,(H2,20,21,22);1H. The van der Waals surface area contributed by atoms with Gasteiger partial charge in [-0.25, -0.2) is 0 Å². The lowest BCUT2D eigenvalue weighted by molar-refractivity contribution is 0.127. The Bertz CT molecular complexity index is 715. The largest absolute Gasteiger partial charge is 0.396 e. The first kappa shape index (κ1) is 21.6. The molecule has 2 heterocycles. The molecule has 1 aromatic carbocycles. The second-order valence-electron chi connectivity index (χ2n) is 6.60. The summed E-state index contributed by atoms with van der Waals surface area (Å²) in [6, 6.07) is 11.8. The molecule has 3 rings (SSSR count). The van der Waals surface area contributed by atoms with E-state index in [0.29, 0.717) is 25.7 Å². The number of nitrogens with one attached hydrogen (secondary N) is 2. The van der Waals surface area contributed by atoms with Gasteiger partial charge in [-0.3, -0.25) is 4.99 Å². The Hall–Kier alpha value is -1.65. The molecule has 148 valence electrons. The normalized spacial score (nSPS) is 19.6. The van der Waals surface area contributed by atoms with Crippen LogP contribution in [0.15, 0.2) is 45.9 Å². The van der Waals surface area contributed by atoms with Gasteiger partial charge in [-0.1, -0.05) is 35.5 Å². The van der Waals surface area contributed by atoms with Crippen molar-refractivity contribution < 1.29 is 14.4 Å². The summed E-state index contributed by atoms with van der Waals surface area (Å²) in [4.78, 5) is 4.25. The van der Waals surface area contributed by atoms with E-state index in [0.717, 1.165) is 36.5 Å². The van der Waals surface area contributed by atoms with Crippen LogP contribution in [0.2, 0.25) is 0 Å². The highest BCUT2D eigenvalue weighted by Crippen LogP contribution is 2.31. The van der Waals surface area contributed by atoms with Gasteiger partial charge in [0.15, 0.2) is 11.7 Å². The maximum Gasteiger partial charge on any atom is 0.191 e. The molecule has 1 aliphatic rings. The van der Waals surface area contributed by atoms with Crippen molar-refractivity contribution in [2.24, 2.45) is 10.4 Å². The Labute approximate surface area is 176 Å². The van der Waals surface area contributed by atoms with Crippen molar-refractivity contribution in [2.75, 3.05) is 33.4 Å². The number of halogens is 1. The molecule has 1 aromatic heterocycles. The molecule has 1 aliphatic heterocycles. The molecule has 8 heteroatoms. The van der Waals surface area contributed by atoms with E-state index >= 15 is 0 Å². The van der Waals surface area contributed by atoms with Crippen LogP contribution in [-0.4, -0.2) is 49.6 Å². The lowest BCUT2D eigenvalue weighted by atomic mass is 9.84. The maximum absolute atomic E-state index is 9.31. The van der Waals surface area contributed by atoms with Gasteiger partial charge in [0, 0.05) is 43.9 Å². The van der Waals surface area contributed by atoms with Crippen LogP contribution in [0.25, 0.3) is 11.3 Å². The molecule has 0 amide bonds. The molecule has 2 aromatic rings. The summed E-state index contributed by atoms with van der Waals surface area (Å²) in [5.41, 5.74) is 1.78. The number of aliphatic imine (C=N–C) groups is 1. The molecule has 1 fully saturated rings. The number of hydrogen-bond acceptors (Lipinski definition) is 5. The van der Waals surface area contributed by atoms with Crippen LogP contribution in [0.1, 0.15) is 18.5 Å². The lowest BCUT2D eigenvalue weighted by Crippen LogP contribution is -2.44. The molecule has 3 N–H and O–H groups in total. The third-order valence-corrected chi connectivity index (χ3v) is 4.74. The third kappa shape index (κ3) is 5.91. The summed E-state index contributed by atoms with van der Waals surface area (Å²) in [5, 5.41) is 20.0. The Morgan fingerprint density at radius 2 is 2.11 bits per heavy atom. The molecule has 7 nitrogen and oxygen atoms in total. The highest BCUT2D eigenvalue weighted by molar-refractivity contribution is 14.0. The van der Waals surface area contributed by atoms with E-state index in [1.165, 1.54) is 0 Å².